The molecule has 7 heteroatoms. The molecule has 3 aromatic rings. The molecule has 1 aromatic heterocycles. The second-order valence-electron chi connectivity index (χ2n) is 9.90. The van der Waals surface area contributed by atoms with Gasteiger partial charge >= 0.3 is 12.1 Å². The minimum atomic E-state index is -0.904. The van der Waals surface area contributed by atoms with E-state index in [1.54, 1.807) is 39.1 Å². The largest absolute Gasteiger partial charge is 0.444 e. The monoisotopic (exact) mass is 475 g/mol. The molecule has 35 heavy (non-hydrogen) atoms. The van der Waals surface area contributed by atoms with E-state index in [1.807, 2.05) is 29.2 Å². The average molecular weight is 476 g/mol. The number of esters is 1. The quantitative estimate of drug-likeness (QED) is 0.390. The molecule has 4 rings (SSSR count). The lowest BCUT2D eigenvalue weighted by Crippen LogP contribution is -2.56. The van der Waals surface area contributed by atoms with E-state index in [0.717, 1.165) is 46.9 Å². The summed E-state index contributed by atoms with van der Waals surface area (Å²) in [5, 5.41) is 3.81. The van der Waals surface area contributed by atoms with Gasteiger partial charge in [0.05, 0.1) is 5.52 Å². The number of ether oxygens (including phenoxy) is 2. The molecule has 7 nitrogen and oxygen atoms in total. The minimum Gasteiger partial charge on any atom is -0.444 e. The van der Waals surface area contributed by atoms with E-state index in [1.165, 1.54) is 0 Å². The summed E-state index contributed by atoms with van der Waals surface area (Å²) in [6.07, 6.45) is 3.30. The fourth-order valence-electron chi connectivity index (χ4n) is 4.37. The van der Waals surface area contributed by atoms with Gasteiger partial charge in [-0.2, -0.15) is 0 Å². The van der Waals surface area contributed by atoms with Crippen molar-refractivity contribution in [3.63, 3.8) is 0 Å². The smallest absolute Gasteiger partial charge is 0.409 e. The molecule has 1 N–H and O–H groups in total. The van der Waals surface area contributed by atoms with Crippen LogP contribution in [0.3, 0.4) is 0 Å². The number of hydrogen-bond donors (Lipinski definition) is 1. The van der Waals surface area contributed by atoms with Crippen LogP contribution < -0.4 is 10.1 Å². The second-order valence-corrected chi connectivity index (χ2v) is 9.90. The zero-order valence-corrected chi connectivity index (χ0v) is 20.8. The number of nitrogens with one attached hydrogen (secondary N) is 1. The van der Waals surface area contributed by atoms with Crippen LogP contribution in [-0.2, 0) is 9.53 Å². The summed E-state index contributed by atoms with van der Waals surface area (Å²) in [5.41, 5.74) is 3.49. The lowest BCUT2D eigenvalue weighted by Gasteiger charge is -2.33. The Labute approximate surface area is 206 Å². The molecule has 2 heterocycles. The van der Waals surface area contributed by atoms with Crippen LogP contribution in [0.5, 0.6) is 5.75 Å². The van der Waals surface area contributed by atoms with Gasteiger partial charge < -0.3 is 9.47 Å². The zero-order valence-electron chi connectivity index (χ0n) is 20.8. The topological polar surface area (TPSA) is 80.8 Å². The number of hydrogen-bond acceptors (Lipinski definition) is 6. The second kappa shape index (κ2) is 10.4. The molecule has 0 aliphatic carbocycles. The summed E-state index contributed by atoms with van der Waals surface area (Å²) in [5.74, 6) is -0.111. The van der Waals surface area contributed by atoms with Gasteiger partial charge in [0.1, 0.15) is 11.4 Å². The predicted molar refractivity (Wildman–Crippen MR) is 136 cm³/mol. The number of rotatable bonds is 5. The van der Waals surface area contributed by atoms with Crippen molar-refractivity contribution in [3.05, 3.63) is 60.3 Å². The predicted octanol–water partition coefficient (Wildman–Crippen LogP) is 5.45. The number of likely N-dealkylation sites (tertiary alicyclic amines) is 1. The number of fused-ring (bicyclic) bond motifs is 1. The van der Waals surface area contributed by atoms with E-state index in [2.05, 4.69) is 29.4 Å². The Morgan fingerprint density at radius 3 is 2.40 bits per heavy atom. The fraction of sp³-hybridized carbons (Fsp3) is 0.393. The van der Waals surface area contributed by atoms with Gasteiger partial charge in [0, 0.05) is 24.7 Å². The van der Waals surface area contributed by atoms with Crippen LogP contribution in [0.4, 0.5) is 4.79 Å². The number of aryl methyl sites for hydroxylation is 1. The maximum atomic E-state index is 13.1. The standard InChI is InChI=1S/C28H33N3O4/c1-19-23(15-12-21-9-8-16-29-24(19)21)20-10-13-22(14-11-20)34-26(32)25(31-17-6-5-7-18-31)30-27(33)35-28(2,3)4/h8-16,25H,5-7,17-18H2,1-4H3,(H,30,33). The molecule has 1 unspecified atom stereocenters. The van der Waals surface area contributed by atoms with Crippen molar-refractivity contribution in [2.45, 2.75) is 58.7 Å². The van der Waals surface area contributed by atoms with Crippen LogP contribution in [0.25, 0.3) is 22.0 Å². The number of amides is 1. The van der Waals surface area contributed by atoms with Gasteiger partial charge in [-0.1, -0.05) is 36.8 Å². The molecule has 1 saturated heterocycles. The fourth-order valence-corrected chi connectivity index (χ4v) is 4.37. The van der Waals surface area contributed by atoms with Crippen molar-refractivity contribution in [2.75, 3.05) is 13.1 Å². The van der Waals surface area contributed by atoms with Gasteiger partial charge in [-0.15, -0.1) is 0 Å². The van der Waals surface area contributed by atoms with E-state index in [9.17, 15) is 9.59 Å². The number of carbonyl (C=O) groups excluding carboxylic acids is 2. The van der Waals surface area contributed by atoms with Gasteiger partial charge in [0.25, 0.3) is 0 Å². The zero-order chi connectivity index (χ0) is 25.0. The number of carbonyl (C=O) groups is 2. The lowest BCUT2D eigenvalue weighted by molar-refractivity contribution is -0.142. The maximum Gasteiger partial charge on any atom is 0.409 e. The Morgan fingerprint density at radius 2 is 1.71 bits per heavy atom. The van der Waals surface area contributed by atoms with Crippen molar-refractivity contribution in [2.24, 2.45) is 0 Å². The molecule has 184 valence electrons. The molecule has 1 atom stereocenters. The molecule has 0 saturated carbocycles. The van der Waals surface area contributed by atoms with E-state index >= 15 is 0 Å². The molecule has 0 radical (unpaired) electrons. The molecule has 1 aliphatic rings. The van der Waals surface area contributed by atoms with Crippen molar-refractivity contribution >= 4 is 23.0 Å². The molecule has 1 fully saturated rings. The van der Waals surface area contributed by atoms with Gasteiger partial charge in [-0.05, 0) is 75.4 Å². The van der Waals surface area contributed by atoms with Crippen molar-refractivity contribution in [1.82, 2.24) is 15.2 Å². The molecular weight excluding hydrogens is 442 g/mol. The highest BCUT2D eigenvalue weighted by Gasteiger charge is 2.32. The Hall–Kier alpha value is -3.45. The summed E-state index contributed by atoms with van der Waals surface area (Å²) in [7, 11) is 0. The van der Waals surface area contributed by atoms with Crippen molar-refractivity contribution in [3.8, 4) is 16.9 Å². The average Bonchev–Trinajstić information content (AvgIpc) is 2.83. The van der Waals surface area contributed by atoms with Gasteiger partial charge in [0.2, 0.25) is 0 Å². The summed E-state index contributed by atoms with van der Waals surface area (Å²) in [6.45, 7) is 8.85. The molecule has 1 amide bonds. The van der Waals surface area contributed by atoms with Crippen LogP contribution in [0.2, 0.25) is 0 Å². The highest BCUT2D eigenvalue weighted by Crippen LogP contribution is 2.30. The first kappa shape index (κ1) is 24.7. The van der Waals surface area contributed by atoms with Gasteiger partial charge in [-0.25, -0.2) is 9.59 Å². The first-order chi connectivity index (χ1) is 16.7. The third kappa shape index (κ3) is 6.17. The van der Waals surface area contributed by atoms with Crippen LogP contribution in [0.15, 0.2) is 54.7 Å². The number of benzene rings is 2. The summed E-state index contributed by atoms with van der Waals surface area (Å²) < 4.78 is 11.1. The van der Waals surface area contributed by atoms with Crippen molar-refractivity contribution in [1.29, 1.82) is 0 Å². The third-order valence-electron chi connectivity index (χ3n) is 6.04. The van der Waals surface area contributed by atoms with Crippen molar-refractivity contribution < 1.29 is 19.1 Å². The van der Waals surface area contributed by atoms with E-state index < -0.39 is 23.8 Å². The molecular formula is C28H33N3O4. The number of nitrogens with zero attached hydrogens (tertiary/aromatic N) is 2. The van der Waals surface area contributed by atoms with Crippen LogP contribution in [0.1, 0.15) is 45.6 Å². The van der Waals surface area contributed by atoms with Gasteiger partial charge in [-0.3, -0.25) is 15.2 Å². The Balaban J connectivity index is 1.50. The molecule has 0 bridgehead atoms. The van der Waals surface area contributed by atoms with Crippen LogP contribution in [-0.4, -0.2) is 46.8 Å². The van der Waals surface area contributed by atoms with E-state index in [0.29, 0.717) is 18.8 Å². The Morgan fingerprint density at radius 1 is 1.00 bits per heavy atom. The third-order valence-corrected chi connectivity index (χ3v) is 6.04. The molecule has 0 spiro atoms. The summed E-state index contributed by atoms with van der Waals surface area (Å²) in [4.78, 5) is 32.0. The molecule has 1 aliphatic heterocycles. The van der Waals surface area contributed by atoms with E-state index in [4.69, 9.17) is 9.47 Å². The van der Waals surface area contributed by atoms with Crippen LogP contribution in [0, 0.1) is 6.92 Å². The summed E-state index contributed by atoms with van der Waals surface area (Å²) in [6, 6.07) is 15.5. The number of pyridine rings is 1. The summed E-state index contributed by atoms with van der Waals surface area (Å²) >= 11 is 0. The molecule has 2 aromatic carbocycles. The highest BCUT2D eigenvalue weighted by atomic mass is 16.6. The lowest BCUT2D eigenvalue weighted by atomic mass is 9.98. The number of alkyl carbamates (subject to hydrolysis) is 1. The maximum absolute atomic E-state index is 13.1. The SMILES string of the molecule is Cc1c(-c2ccc(OC(=O)C(NC(=O)OC(C)(C)C)N3CCCCC3)cc2)ccc2cccnc12. The normalized spacial score (nSPS) is 15.4. The van der Waals surface area contributed by atoms with Gasteiger partial charge in [0.15, 0.2) is 6.17 Å². The van der Waals surface area contributed by atoms with E-state index in [-0.39, 0.29) is 0 Å². The first-order valence-electron chi connectivity index (χ1n) is 12.1. The first-order valence-corrected chi connectivity index (χ1v) is 12.1. The number of aromatic nitrogens is 1. The Kier molecular flexibility index (Phi) is 7.36. The van der Waals surface area contributed by atoms with Crippen LogP contribution >= 0.6 is 0 Å². The Bertz CT molecular complexity index is 1200. The highest BCUT2D eigenvalue weighted by molar-refractivity contribution is 5.88. The number of piperidine rings is 1. The minimum absolute atomic E-state index is 0.420.